The van der Waals surface area contributed by atoms with E-state index in [1.54, 1.807) is 36.5 Å². The molecule has 0 aliphatic carbocycles. The summed E-state index contributed by atoms with van der Waals surface area (Å²) in [4.78, 5) is 16.8. The van der Waals surface area contributed by atoms with E-state index in [1.807, 2.05) is 37.3 Å². The Morgan fingerprint density at radius 2 is 1.90 bits per heavy atom. The number of benzene rings is 2. The van der Waals surface area contributed by atoms with Crippen molar-refractivity contribution in [3.8, 4) is 17.7 Å². The first kappa shape index (κ1) is 20.9. The number of hydrogen-bond acceptors (Lipinski definition) is 5. The number of carbonyl (C=O) groups excluding carboxylic acids is 1. The Morgan fingerprint density at radius 3 is 2.73 bits per heavy atom. The van der Waals surface area contributed by atoms with E-state index in [1.165, 1.54) is 0 Å². The van der Waals surface area contributed by atoms with E-state index < -0.39 is 0 Å². The number of nitrogens with zero attached hydrogens (tertiary/aromatic N) is 2. The summed E-state index contributed by atoms with van der Waals surface area (Å²) < 4.78 is 11.4. The average molecular weight is 401 g/mol. The Bertz CT molecular complexity index is 1040. The molecular weight excluding hydrogens is 378 g/mol. The fraction of sp³-hybridized carbons (Fsp3) is 0.208. The molecular formula is C24H23N3O3. The van der Waals surface area contributed by atoms with Crippen LogP contribution in [0.5, 0.6) is 11.6 Å². The number of hydrogen-bond donors (Lipinski definition) is 1. The van der Waals surface area contributed by atoms with Crippen molar-refractivity contribution < 1.29 is 14.3 Å². The van der Waals surface area contributed by atoms with Crippen LogP contribution in [-0.4, -0.2) is 17.5 Å². The number of nitriles is 1. The summed E-state index contributed by atoms with van der Waals surface area (Å²) in [5.41, 5.74) is 2.68. The number of amides is 1. The van der Waals surface area contributed by atoms with Gasteiger partial charge in [0.05, 0.1) is 18.2 Å². The molecule has 0 aliphatic heterocycles. The second-order valence-corrected chi connectivity index (χ2v) is 6.58. The summed E-state index contributed by atoms with van der Waals surface area (Å²) in [5.74, 6) is 0.875. The molecule has 2 aromatic carbocycles. The zero-order valence-electron chi connectivity index (χ0n) is 16.8. The second-order valence-electron chi connectivity index (χ2n) is 6.58. The van der Waals surface area contributed by atoms with Gasteiger partial charge in [-0.05, 0) is 36.8 Å². The first-order valence-electron chi connectivity index (χ1n) is 9.77. The lowest BCUT2D eigenvalue weighted by atomic mass is 10.1. The zero-order valence-corrected chi connectivity index (χ0v) is 16.8. The Labute approximate surface area is 176 Å². The van der Waals surface area contributed by atoms with Crippen molar-refractivity contribution in [1.29, 1.82) is 5.26 Å². The predicted octanol–water partition coefficient (Wildman–Crippen LogP) is 4.25. The number of rotatable bonds is 9. The monoisotopic (exact) mass is 401 g/mol. The number of aromatic nitrogens is 1. The van der Waals surface area contributed by atoms with Crippen molar-refractivity contribution in [2.45, 2.75) is 26.5 Å². The fourth-order valence-electron chi connectivity index (χ4n) is 2.81. The molecule has 0 saturated heterocycles. The average Bonchev–Trinajstić information content (AvgIpc) is 2.80. The Kier molecular flexibility index (Phi) is 7.39. The molecule has 6 heteroatoms. The van der Waals surface area contributed by atoms with Gasteiger partial charge in [0, 0.05) is 29.4 Å². The first-order chi connectivity index (χ1) is 14.7. The molecule has 1 N–H and O–H groups in total. The van der Waals surface area contributed by atoms with Gasteiger partial charge in [-0.3, -0.25) is 4.79 Å². The molecule has 0 aliphatic rings. The van der Waals surface area contributed by atoms with Gasteiger partial charge >= 0.3 is 0 Å². The van der Waals surface area contributed by atoms with Gasteiger partial charge in [-0.1, -0.05) is 37.3 Å². The highest BCUT2D eigenvalue weighted by atomic mass is 16.5. The van der Waals surface area contributed by atoms with Gasteiger partial charge < -0.3 is 14.8 Å². The van der Waals surface area contributed by atoms with Crippen LogP contribution in [0.2, 0.25) is 0 Å². The lowest BCUT2D eigenvalue weighted by Gasteiger charge is -2.11. The van der Waals surface area contributed by atoms with Crippen LogP contribution >= 0.6 is 0 Å². The summed E-state index contributed by atoms with van der Waals surface area (Å²) in [6.07, 6.45) is 2.55. The van der Waals surface area contributed by atoms with Crippen molar-refractivity contribution in [1.82, 2.24) is 10.3 Å². The lowest BCUT2D eigenvalue weighted by molar-refractivity contribution is 0.0950. The van der Waals surface area contributed by atoms with Gasteiger partial charge in [0.2, 0.25) is 5.88 Å². The third-order valence-corrected chi connectivity index (χ3v) is 4.36. The van der Waals surface area contributed by atoms with Gasteiger partial charge in [-0.2, -0.15) is 5.26 Å². The van der Waals surface area contributed by atoms with Gasteiger partial charge in [-0.25, -0.2) is 4.98 Å². The van der Waals surface area contributed by atoms with Gasteiger partial charge in [0.1, 0.15) is 12.4 Å². The van der Waals surface area contributed by atoms with E-state index in [9.17, 15) is 10.1 Å². The van der Waals surface area contributed by atoms with Crippen molar-refractivity contribution in [2.24, 2.45) is 0 Å². The predicted molar refractivity (Wildman–Crippen MR) is 113 cm³/mol. The molecule has 0 saturated carbocycles. The molecule has 6 nitrogen and oxygen atoms in total. The van der Waals surface area contributed by atoms with Gasteiger partial charge in [0.15, 0.2) is 0 Å². The minimum atomic E-state index is -0.219. The number of ether oxygens (including phenoxy) is 2. The van der Waals surface area contributed by atoms with Crippen LogP contribution in [-0.2, 0) is 13.2 Å². The van der Waals surface area contributed by atoms with E-state index in [4.69, 9.17) is 9.47 Å². The van der Waals surface area contributed by atoms with E-state index in [-0.39, 0.29) is 12.5 Å². The van der Waals surface area contributed by atoms with E-state index >= 15 is 0 Å². The first-order valence-corrected chi connectivity index (χ1v) is 9.77. The SMILES string of the molecule is CCCOc1ncccc1CNC(=O)c1cccc(OCc2ccccc2C#N)c1. The summed E-state index contributed by atoms with van der Waals surface area (Å²) in [6.45, 7) is 3.17. The quantitative estimate of drug-likeness (QED) is 0.579. The van der Waals surface area contributed by atoms with Crippen molar-refractivity contribution in [3.63, 3.8) is 0 Å². The fourth-order valence-corrected chi connectivity index (χ4v) is 2.81. The van der Waals surface area contributed by atoms with Crippen LogP contribution in [0.4, 0.5) is 0 Å². The normalized spacial score (nSPS) is 10.1. The molecule has 3 aromatic rings. The molecule has 1 amide bonds. The molecule has 30 heavy (non-hydrogen) atoms. The van der Waals surface area contributed by atoms with E-state index in [0.29, 0.717) is 35.9 Å². The van der Waals surface area contributed by atoms with Crippen LogP contribution in [0.25, 0.3) is 0 Å². The van der Waals surface area contributed by atoms with Gasteiger partial charge in [-0.15, -0.1) is 0 Å². The standard InChI is InChI=1S/C24H23N3O3/c1-2-13-29-24-20(10-6-12-26-24)16-27-23(28)18-9-5-11-22(14-18)30-17-21-8-4-3-7-19(21)15-25/h3-12,14H,2,13,16-17H2,1H3,(H,27,28). The number of carbonyl (C=O) groups is 1. The molecule has 0 fully saturated rings. The number of pyridine rings is 1. The highest BCUT2D eigenvalue weighted by Crippen LogP contribution is 2.18. The highest BCUT2D eigenvalue weighted by Gasteiger charge is 2.10. The van der Waals surface area contributed by atoms with Crippen LogP contribution in [0, 0.1) is 11.3 Å². The molecule has 0 bridgehead atoms. The van der Waals surface area contributed by atoms with Crippen LogP contribution in [0.3, 0.4) is 0 Å². The number of nitrogens with one attached hydrogen (secondary N) is 1. The maximum Gasteiger partial charge on any atom is 0.251 e. The topological polar surface area (TPSA) is 84.2 Å². The summed E-state index contributed by atoms with van der Waals surface area (Å²) in [6, 6.07) is 20.1. The largest absolute Gasteiger partial charge is 0.489 e. The molecule has 1 aromatic heterocycles. The maximum absolute atomic E-state index is 12.6. The molecule has 3 rings (SSSR count). The molecule has 0 spiro atoms. The summed E-state index contributed by atoms with van der Waals surface area (Å²) in [5, 5.41) is 12.1. The van der Waals surface area contributed by atoms with Crippen LogP contribution in [0.1, 0.15) is 40.4 Å². The van der Waals surface area contributed by atoms with E-state index in [2.05, 4.69) is 16.4 Å². The Morgan fingerprint density at radius 1 is 1.07 bits per heavy atom. The Balaban J connectivity index is 1.62. The second kappa shape index (κ2) is 10.6. The molecule has 152 valence electrons. The van der Waals surface area contributed by atoms with Gasteiger partial charge in [0.25, 0.3) is 5.91 Å². The maximum atomic E-state index is 12.6. The summed E-state index contributed by atoms with van der Waals surface area (Å²) in [7, 11) is 0. The molecule has 0 unspecified atom stereocenters. The molecule has 0 radical (unpaired) electrons. The minimum Gasteiger partial charge on any atom is -0.489 e. The van der Waals surface area contributed by atoms with E-state index in [0.717, 1.165) is 17.5 Å². The third-order valence-electron chi connectivity index (χ3n) is 4.36. The van der Waals surface area contributed by atoms with Crippen LogP contribution in [0.15, 0.2) is 66.9 Å². The van der Waals surface area contributed by atoms with Crippen molar-refractivity contribution >= 4 is 5.91 Å². The highest BCUT2D eigenvalue weighted by molar-refractivity contribution is 5.94. The molecule has 0 atom stereocenters. The smallest absolute Gasteiger partial charge is 0.251 e. The Hall–Kier alpha value is -3.85. The van der Waals surface area contributed by atoms with Crippen LogP contribution < -0.4 is 14.8 Å². The summed E-state index contributed by atoms with van der Waals surface area (Å²) >= 11 is 0. The third kappa shape index (κ3) is 5.58. The zero-order chi connectivity index (χ0) is 21.2. The van der Waals surface area contributed by atoms with Crippen molar-refractivity contribution in [2.75, 3.05) is 6.61 Å². The van der Waals surface area contributed by atoms with Crippen molar-refractivity contribution in [3.05, 3.63) is 89.1 Å². The lowest BCUT2D eigenvalue weighted by Crippen LogP contribution is -2.23. The minimum absolute atomic E-state index is 0.219. The molecule has 1 heterocycles.